The van der Waals surface area contributed by atoms with Crippen molar-refractivity contribution in [1.29, 1.82) is 0 Å². The molecule has 1 aliphatic rings. The molecule has 0 bridgehead atoms. The Bertz CT molecular complexity index is 302. The van der Waals surface area contributed by atoms with E-state index in [9.17, 15) is 0 Å². The smallest absolute Gasteiger partial charge is 0.0233 e. The van der Waals surface area contributed by atoms with Gasteiger partial charge in [-0.2, -0.15) is 0 Å². The Morgan fingerprint density at radius 3 is 2.73 bits per heavy atom. The second kappa shape index (κ2) is 4.36. The predicted molar refractivity (Wildman–Crippen MR) is 63.6 cm³/mol. The van der Waals surface area contributed by atoms with Crippen molar-refractivity contribution in [2.45, 2.75) is 33.2 Å². The number of hydrogen-bond donors (Lipinski definition) is 0. The first-order chi connectivity index (χ1) is 7.16. The molecule has 1 nitrogen and oxygen atoms in total. The van der Waals surface area contributed by atoms with E-state index in [4.69, 9.17) is 0 Å². The van der Waals surface area contributed by atoms with E-state index in [-0.39, 0.29) is 0 Å². The van der Waals surface area contributed by atoms with Crippen LogP contribution >= 0.6 is 0 Å². The van der Waals surface area contributed by atoms with Crippen LogP contribution in [0.15, 0.2) is 24.3 Å². The molecule has 1 radical (unpaired) electrons. The molecule has 0 atom stereocenters. The highest BCUT2D eigenvalue weighted by atomic mass is 15.1. The van der Waals surface area contributed by atoms with Crippen molar-refractivity contribution in [3.63, 3.8) is 0 Å². The average molecular weight is 202 g/mol. The van der Waals surface area contributed by atoms with Crippen LogP contribution in [0.3, 0.4) is 0 Å². The number of nitrogens with zero attached hydrogens (tertiary/aromatic N) is 1. The highest BCUT2D eigenvalue weighted by molar-refractivity contribution is 5.13. The van der Waals surface area contributed by atoms with Crippen molar-refractivity contribution in [2.75, 3.05) is 13.1 Å². The van der Waals surface area contributed by atoms with Gasteiger partial charge in [0.15, 0.2) is 0 Å². The van der Waals surface area contributed by atoms with E-state index < -0.39 is 0 Å². The molecular weight excluding hydrogens is 182 g/mol. The molecule has 0 amide bonds. The minimum atomic E-state index is 0.499. The summed E-state index contributed by atoms with van der Waals surface area (Å²) in [6.45, 7) is 8.32. The molecule has 1 heterocycles. The molecule has 15 heavy (non-hydrogen) atoms. The lowest BCUT2D eigenvalue weighted by atomic mass is 9.84. The van der Waals surface area contributed by atoms with Crippen molar-refractivity contribution in [1.82, 2.24) is 4.90 Å². The van der Waals surface area contributed by atoms with Gasteiger partial charge >= 0.3 is 0 Å². The Morgan fingerprint density at radius 2 is 2.07 bits per heavy atom. The van der Waals surface area contributed by atoms with Gasteiger partial charge in [0.1, 0.15) is 0 Å². The second-order valence-electron chi connectivity index (χ2n) is 5.39. The molecule has 0 N–H and O–H groups in total. The Balaban J connectivity index is 1.95. The SMILES string of the molecule is CC1(C)CCCN(Cc2cc[c]cc2)C1. The molecule has 1 aromatic carbocycles. The summed E-state index contributed by atoms with van der Waals surface area (Å²) < 4.78 is 0. The number of hydrogen-bond acceptors (Lipinski definition) is 1. The van der Waals surface area contributed by atoms with Gasteiger partial charge in [0, 0.05) is 13.1 Å². The van der Waals surface area contributed by atoms with Crippen molar-refractivity contribution < 1.29 is 0 Å². The van der Waals surface area contributed by atoms with E-state index in [0.29, 0.717) is 5.41 Å². The third-order valence-corrected chi connectivity index (χ3v) is 3.17. The number of benzene rings is 1. The lowest BCUT2D eigenvalue weighted by molar-refractivity contribution is 0.112. The van der Waals surface area contributed by atoms with Gasteiger partial charge in [-0.1, -0.05) is 38.1 Å². The summed E-state index contributed by atoms with van der Waals surface area (Å²) in [5.74, 6) is 0. The lowest BCUT2D eigenvalue weighted by Crippen LogP contribution is -2.39. The molecule has 1 saturated heterocycles. The van der Waals surface area contributed by atoms with Crippen LogP contribution in [0.4, 0.5) is 0 Å². The Kier molecular flexibility index (Phi) is 3.11. The zero-order valence-electron chi connectivity index (χ0n) is 9.79. The van der Waals surface area contributed by atoms with Gasteiger partial charge in [-0.15, -0.1) is 0 Å². The van der Waals surface area contributed by atoms with Crippen LogP contribution in [-0.4, -0.2) is 18.0 Å². The van der Waals surface area contributed by atoms with Gasteiger partial charge in [0.25, 0.3) is 0 Å². The van der Waals surface area contributed by atoms with Gasteiger partial charge in [-0.05, 0) is 36.4 Å². The van der Waals surface area contributed by atoms with Crippen molar-refractivity contribution in [3.05, 3.63) is 35.9 Å². The van der Waals surface area contributed by atoms with Crippen LogP contribution in [0.1, 0.15) is 32.3 Å². The molecule has 1 aliphatic heterocycles. The van der Waals surface area contributed by atoms with E-state index in [0.717, 1.165) is 6.54 Å². The van der Waals surface area contributed by atoms with Gasteiger partial charge < -0.3 is 0 Å². The van der Waals surface area contributed by atoms with Gasteiger partial charge in [-0.25, -0.2) is 0 Å². The molecule has 0 unspecified atom stereocenters. The van der Waals surface area contributed by atoms with E-state index >= 15 is 0 Å². The van der Waals surface area contributed by atoms with Crippen LogP contribution in [0.2, 0.25) is 0 Å². The molecule has 1 heteroatoms. The Hall–Kier alpha value is -0.820. The van der Waals surface area contributed by atoms with Crippen LogP contribution in [0.25, 0.3) is 0 Å². The standard InChI is InChI=1S/C14H20N/c1-14(2)9-6-10-15(12-14)11-13-7-4-3-5-8-13/h4-5,7-8H,6,9-12H2,1-2H3. The molecule has 0 spiro atoms. The summed E-state index contributed by atoms with van der Waals surface area (Å²) in [7, 11) is 0. The molecule has 2 rings (SSSR count). The van der Waals surface area contributed by atoms with E-state index in [1.807, 2.05) is 12.1 Å². The highest BCUT2D eigenvalue weighted by Gasteiger charge is 2.25. The summed E-state index contributed by atoms with van der Waals surface area (Å²) in [6, 6.07) is 11.4. The first-order valence-corrected chi connectivity index (χ1v) is 5.83. The zero-order valence-corrected chi connectivity index (χ0v) is 9.79. The number of likely N-dealkylation sites (tertiary alicyclic amines) is 1. The van der Waals surface area contributed by atoms with Gasteiger partial charge in [0.05, 0.1) is 0 Å². The van der Waals surface area contributed by atoms with Gasteiger partial charge in [0.2, 0.25) is 0 Å². The van der Waals surface area contributed by atoms with Crippen LogP contribution in [0.5, 0.6) is 0 Å². The predicted octanol–water partition coefficient (Wildman–Crippen LogP) is 3.11. The molecule has 0 aromatic heterocycles. The van der Waals surface area contributed by atoms with E-state index in [2.05, 4.69) is 36.9 Å². The fraction of sp³-hybridized carbons (Fsp3) is 0.571. The largest absolute Gasteiger partial charge is 0.299 e. The molecular formula is C14H20N. The monoisotopic (exact) mass is 202 g/mol. The quantitative estimate of drug-likeness (QED) is 0.712. The average Bonchev–Trinajstić information content (AvgIpc) is 2.17. The number of rotatable bonds is 2. The highest BCUT2D eigenvalue weighted by Crippen LogP contribution is 2.29. The molecule has 1 aromatic rings. The maximum atomic E-state index is 3.07. The summed E-state index contributed by atoms with van der Waals surface area (Å²) in [5, 5.41) is 0. The molecule has 81 valence electrons. The van der Waals surface area contributed by atoms with Crippen LogP contribution < -0.4 is 0 Å². The van der Waals surface area contributed by atoms with Crippen molar-refractivity contribution in [3.8, 4) is 0 Å². The molecule has 0 aliphatic carbocycles. The fourth-order valence-electron chi connectivity index (χ4n) is 2.46. The minimum absolute atomic E-state index is 0.499. The molecule has 1 fully saturated rings. The summed E-state index contributed by atoms with van der Waals surface area (Å²) in [5.41, 5.74) is 1.91. The minimum Gasteiger partial charge on any atom is -0.299 e. The van der Waals surface area contributed by atoms with E-state index in [1.165, 1.54) is 31.5 Å². The third-order valence-electron chi connectivity index (χ3n) is 3.17. The first-order valence-electron chi connectivity index (χ1n) is 5.83. The maximum Gasteiger partial charge on any atom is 0.0233 e. The van der Waals surface area contributed by atoms with Crippen molar-refractivity contribution >= 4 is 0 Å². The summed E-state index contributed by atoms with van der Waals surface area (Å²) in [4.78, 5) is 2.57. The number of piperidine rings is 1. The second-order valence-corrected chi connectivity index (χ2v) is 5.39. The Labute approximate surface area is 93.1 Å². The van der Waals surface area contributed by atoms with Crippen LogP contribution in [0, 0.1) is 11.5 Å². The van der Waals surface area contributed by atoms with E-state index in [1.54, 1.807) is 0 Å². The van der Waals surface area contributed by atoms with Crippen molar-refractivity contribution in [2.24, 2.45) is 5.41 Å². The topological polar surface area (TPSA) is 3.24 Å². The summed E-state index contributed by atoms with van der Waals surface area (Å²) in [6.07, 6.45) is 2.71. The Morgan fingerprint density at radius 1 is 1.33 bits per heavy atom. The maximum absolute atomic E-state index is 3.07. The third kappa shape index (κ3) is 3.07. The first kappa shape index (κ1) is 10.7. The fourth-order valence-corrected chi connectivity index (χ4v) is 2.46. The molecule has 0 saturated carbocycles. The normalized spacial score (nSPS) is 21.5. The van der Waals surface area contributed by atoms with Gasteiger partial charge in [-0.3, -0.25) is 4.90 Å². The zero-order chi connectivity index (χ0) is 10.7. The van der Waals surface area contributed by atoms with Crippen LogP contribution in [-0.2, 0) is 6.54 Å². The lowest BCUT2D eigenvalue weighted by Gasteiger charge is -2.38. The summed E-state index contributed by atoms with van der Waals surface area (Å²) >= 11 is 0.